The number of methoxy groups -OCH3 is 1. The molecule has 0 spiro atoms. The molecule has 0 fully saturated rings. The fourth-order valence-electron chi connectivity index (χ4n) is 1.20. The molecule has 0 radical (unpaired) electrons. The molecule has 1 heterocycles. The highest BCUT2D eigenvalue weighted by Gasteiger charge is 2.11. The van der Waals surface area contributed by atoms with Gasteiger partial charge in [-0.2, -0.15) is 11.8 Å². The summed E-state index contributed by atoms with van der Waals surface area (Å²) in [7, 11) is 1.70. The SMILES string of the molecule is COCCCSCc1ccsc1C(=O)NN. The number of thioether (sulfide) groups is 1. The van der Waals surface area contributed by atoms with Gasteiger partial charge in [-0.05, 0) is 29.2 Å². The summed E-state index contributed by atoms with van der Waals surface area (Å²) in [6.45, 7) is 0.785. The minimum absolute atomic E-state index is 0.206. The maximum atomic E-state index is 11.4. The van der Waals surface area contributed by atoms with E-state index in [1.165, 1.54) is 11.3 Å². The summed E-state index contributed by atoms with van der Waals surface area (Å²) < 4.78 is 4.97. The van der Waals surface area contributed by atoms with Crippen molar-refractivity contribution in [3.05, 3.63) is 21.9 Å². The van der Waals surface area contributed by atoms with Gasteiger partial charge in [-0.3, -0.25) is 10.2 Å². The first-order valence-electron chi connectivity index (χ1n) is 4.93. The van der Waals surface area contributed by atoms with Crippen molar-refractivity contribution in [3.8, 4) is 0 Å². The molecule has 0 unspecified atom stereocenters. The maximum Gasteiger partial charge on any atom is 0.275 e. The van der Waals surface area contributed by atoms with Gasteiger partial charge in [-0.1, -0.05) is 0 Å². The van der Waals surface area contributed by atoms with Gasteiger partial charge in [-0.15, -0.1) is 11.3 Å². The van der Waals surface area contributed by atoms with Crippen LogP contribution in [-0.4, -0.2) is 25.4 Å². The number of rotatable bonds is 7. The molecule has 1 aromatic heterocycles. The third-order valence-electron chi connectivity index (χ3n) is 1.98. The number of nitrogens with two attached hydrogens (primary N) is 1. The number of carbonyl (C=O) groups is 1. The number of hydrogen-bond acceptors (Lipinski definition) is 5. The van der Waals surface area contributed by atoms with E-state index >= 15 is 0 Å². The molecule has 1 rings (SSSR count). The minimum Gasteiger partial charge on any atom is -0.385 e. The van der Waals surface area contributed by atoms with Gasteiger partial charge in [-0.25, -0.2) is 5.84 Å². The average molecular weight is 260 g/mol. The van der Waals surface area contributed by atoms with Crippen molar-refractivity contribution in [2.24, 2.45) is 5.84 Å². The highest BCUT2D eigenvalue weighted by molar-refractivity contribution is 7.98. The Balaban J connectivity index is 2.36. The van der Waals surface area contributed by atoms with Gasteiger partial charge in [0.05, 0.1) is 4.88 Å². The van der Waals surface area contributed by atoms with Crippen LogP contribution in [0.3, 0.4) is 0 Å². The van der Waals surface area contributed by atoms with E-state index in [9.17, 15) is 4.79 Å². The third-order valence-corrected chi connectivity index (χ3v) is 4.03. The maximum absolute atomic E-state index is 11.4. The molecular formula is C10H16N2O2S2. The lowest BCUT2D eigenvalue weighted by molar-refractivity contribution is 0.0957. The van der Waals surface area contributed by atoms with Crippen molar-refractivity contribution in [1.82, 2.24) is 5.43 Å². The van der Waals surface area contributed by atoms with Crippen LogP contribution in [0.2, 0.25) is 0 Å². The third kappa shape index (κ3) is 4.13. The van der Waals surface area contributed by atoms with Crippen molar-refractivity contribution in [2.75, 3.05) is 19.5 Å². The van der Waals surface area contributed by atoms with E-state index < -0.39 is 0 Å². The first kappa shape index (κ1) is 13.5. The number of ether oxygens (including phenoxy) is 1. The number of thiophene rings is 1. The summed E-state index contributed by atoms with van der Waals surface area (Å²) in [5.41, 5.74) is 3.21. The molecule has 0 aliphatic carbocycles. The molecule has 0 aliphatic heterocycles. The molecule has 1 aromatic rings. The normalized spacial score (nSPS) is 10.4. The number of amides is 1. The van der Waals surface area contributed by atoms with E-state index in [4.69, 9.17) is 10.6 Å². The Kier molecular flexibility index (Phi) is 6.47. The number of nitrogens with one attached hydrogen (secondary N) is 1. The Morgan fingerprint density at radius 3 is 3.19 bits per heavy atom. The molecule has 6 heteroatoms. The van der Waals surface area contributed by atoms with Crippen LogP contribution in [0.25, 0.3) is 0 Å². The first-order chi connectivity index (χ1) is 7.79. The summed E-state index contributed by atoms with van der Waals surface area (Å²) >= 11 is 3.22. The molecule has 16 heavy (non-hydrogen) atoms. The van der Waals surface area contributed by atoms with Crippen LogP contribution in [0.1, 0.15) is 21.7 Å². The average Bonchev–Trinajstić information content (AvgIpc) is 2.76. The molecule has 0 saturated heterocycles. The summed E-state index contributed by atoms with van der Waals surface area (Å²) in [6, 6.07) is 1.97. The largest absolute Gasteiger partial charge is 0.385 e. The number of hydrogen-bond donors (Lipinski definition) is 2. The van der Waals surface area contributed by atoms with E-state index in [0.29, 0.717) is 4.88 Å². The summed E-state index contributed by atoms with van der Waals surface area (Å²) in [6.07, 6.45) is 1.03. The molecule has 3 N–H and O–H groups in total. The van der Waals surface area contributed by atoms with Gasteiger partial charge in [0.25, 0.3) is 5.91 Å². The van der Waals surface area contributed by atoms with E-state index in [-0.39, 0.29) is 5.91 Å². The summed E-state index contributed by atoms with van der Waals surface area (Å²) in [4.78, 5) is 12.1. The van der Waals surface area contributed by atoms with E-state index in [2.05, 4.69) is 5.43 Å². The topological polar surface area (TPSA) is 64.3 Å². The fraction of sp³-hybridized carbons (Fsp3) is 0.500. The first-order valence-corrected chi connectivity index (χ1v) is 6.97. The van der Waals surface area contributed by atoms with Crippen LogP contribution in [0, 0.1) is 0 Å². The molecule has 0 saturated carbocycles. The molecule has 0 bridgehead atoms. The van der Waals surface area contributed by atoms with Crippen molar-refractivity contribution in [3.63, 3.8) is 0 Å². The predicted molar refractivity (Wildman–Crippen MR) is 68.6 cm³/mol. The Hall–Kier alpha value is -0.560. The lowest BCUT2D eigenvalue weighted by atomic mass is 10.3. The van der Waals surface area contributed by atoms with Crippen LogP contribution in [-0.2, 0) is 10.5 Å². The zero-order valence-electron chi connectivity index (χ0n) is 9.19. The van der Waals surface area contributed by atoms with Crippen LogP contribution < -0.4 is 11.3 Å². The Labute approximate surface area is 104 Å². The van der Waals surface area contributed by atoms with Crippen LogP contribution in [0.5, 0.6) is 0 Å². The number of nitrogen functional groups attached to an aromatic ring is 1. The Morgan fingerprint density at radius 2 is 2.50 bits per heavy atom. The van der Waals surface area contributed by atoms with Gasteiger partial charge >= 0.3 is 0 Å². The lowest BCUT2D eigenvalue weighted by Crippen LogP contribution is -2.29. The number of hydrazine groups is 1. The zero-order valence-corrected chi connectivity index (χ0v) is 10.8. The van der Waals surface area contributed by atoms with Crippen molar-refractivity contribution < 1.29 is 9.53 Å². The van der Waals surface area contributed by atoms with E-state index in [1.54, 1.807) is 18.9 Å². The molecule has 90 valence electrons. The molecule has 1 amide bonds. The standard InChI is InChI=1S/C10H16N2O2S2/c1-14-4-2-5-15-7-8-3-6-16-9(8)10(13)12-11/h3,6H,2,4-5,7,11H2,1H3,(H,12,13). The molecule has 0 atom stereocenters. The fourth-order valence-corrected chi connectivity index (χ4v) is 3.05. The highest BCUT2D eigenvalue weighted by Crippen LogP contribution is 2.22. The van der Waals surface area contributed by atoms with Crippen LogP contribution in [0.15, 0.2) is 11.4 Å². The number of carbonyl (C=O) groups excluding carboxylic acids is 1. The molecular weight excluding hydrogens is 244 g/mol. The highest BCUT2D eigenvalue weighted by atomic mass is 32.2. The quantitative estimate of drug-likeness (QED) is 0.338. The summed E-state index contributed by atoms with van der Waals surface area (Å²) in [5.74, 6) is 6.78. The van der Waals surface area contributed by atoms with Crippen molar-refractivity contribution >= 4 is 29.0 Å². The van der Waals surface area contributed by atoms with Crippen molar-refractivity contribution in [1.29, 1.82) is 0 Å². The molecule has 4 nitrogen and oxygen atoms in total. The van der Waals surface area contributed by atoms with Gasteiger partial charge in [0.2, 0.25) is 0 Å². The summed E-state index contributed by atoms with van der Waals surface area (Å²) in [5, 5.41) is 1.91. The van der Waals surface area contributed by atoms with Gasteiger partial charge in [0.15, 0.2) is 0 Å². The second-order valence-corrected chi connectivity index (χ2v) is 5.17. The van der Waals surface area contributed by atoms with Gasteiger partial charge in [0, 0.05) is 19.5 Å². The van der Waals surface area contributed by atoms with Crippen LogP contribution >= 0.6 is 23.1 Å². The second-order valence-electron chi connectivity index (χ2n) is 3.15. The predicted octanol–water partition coefficient (Wildman–Crippen LogP) is 1.62. The molecule has 0 aromatic carbocycles. The van der Waals surface area contributed by atoms with E-state index in [1.807, 2.05) is 11.4 Å². The van der Waals surface area contributed by atoms with Crippen LogP contribution in [0.4, 0.5) is 0 Å². The smallest absolute Gasteiger partial charge is 0.275 e. The van der Waals surface area contributed by atoms with Gasteiger partial charge < -0.3 is 4.74 Å². The van der Waals surface area contributed by atoms with Gasteiger partial charge in [0.1, 0.15) is 0 Å². The Bertz CT molecular complexity index is 328. The minimum atomic E-state index is -0.206. The van der Waals surface area contributed by atoms with E-state index in [0.717, 1.165) is 30.1 Å². The second kappa shape index (κ2) is 7.67. The molecule has 0 aliphatic rings. The lowest BCUT2D eigenvalue weighted by Gasteiger charge is -2.02. The Morgan fingerprint density at radius 1 is 1.69 bits per heavy atom. The monoisotopic (exact) mass is 260 g/mol. The van der Waals surface area contributed by atoms with Crippen molar-refractivity contribution in [2.45, 2.75) is 12.2 Å². The zero-order chi connectivity index (χ0) is 11.8.